The lowest BCUT2D eigenvalue weighted by atomic mass is 10.1. The van der Waals surface area contributed by atoms with Crippen LogP contribution >= 0.6 is 11.3 Å². The molecule has 1 aromatic rings. The molecule has 1 saturated heterocycles. The average molecular weight is 343 g/mol. The van der Waals surface area contributed by atoms with Crippen molar-refractivity contribution in [1.29, 1.82) is 0 Å². The zero-order valence-corrected chi connectivity index (χ0v) is 13.2. The van der Waals surface area contributed by atoms with Gasteiger partial charge in [0.25, 0.3) is 0 Å². The van der Waals surface area contributed by atoms with Crippen LogP contribution < -0.4 is 4.90 Å². The van der Waals surface area contributed by atoms with Crippen LogP contribution in [0.5, 0.6) is 0 Å². The van der Waals surface area contributed by atoms with Crippen LogP contribution in [-0.2, 0) is 16.2 Å². The molecule has 120 valence electrons. The Morgan fingerprint density at radius 1 is 1.48 bits per heavy atom. The summed E-state index contributed by atoms with van der Waals surface area (Å²) in [6.07, 6.45) is -1.92. The predicted octanol–water partition coefficient (Wildman–Crippen LogP) is 2.02. The van der Waals surface area contributed by atoms with Gasteiger partial charge in [0.15, 0.2) is 10.8 Å². The van der Waals surface area contributed by atoms with Crippen LogP contribution in [-0.4, -0.2) is 50.1 Å². The van der Waals surface area contributed by atoms with Crippen molar-refractivity contribution < 1.29 is 21.6 Å². The van der Waals surface area contributed by atoms with Crippen LogP contribution in [0.1, 0.15) is 18.5 Å². The van der Waals surface area contributed by atoms with E-state index in [4.69, 9.17) is 0 Å². The van der Waals surface area contributed by atoms with E-state index < -0.39 is 21.9 Å². The van der Waals surface area contributed by atoms with E-state index in [0.29, 0.717) is 25.9 Å². The van der Waals surface area contributed by atoms with Gasteiger partial charge in [0.2, 0.25) is 10.0 Å². The normalized spacial score (nSPS) is 21.0. The maximum atomic E-state index is 12.6. The number of alkyl halides is 3. The topological polar surface area (TPSA) is 53.5 Å². The third-order valence-electron chi connectivity index (χ3n) is 3.49. The highest BCUT2D eigenvalue weighted by molar-refractivity contribution is 7.88. The molecule has 1 aliphatic rings. The molecule has 21 heavy (non-hydrogen) atoms. The summed E-state index contributed by atoms with van der Waals surface area (Å²) < 4.78 is 62.1. The maximum absolute atomic E-state index is 12.6. The molecule has 2 rings (SSSR count). The second-order valence-electron chi connectivity index (χ2n) is 5.03. The van der Waals surface area contributed by atoms with Crippen LogP contribution in [0.25, 0.3) is 0 Å². The zero-order chi connectivity index (χ0) is 15.8. The standard InChI is InChI=1S/C11H16F3N3O2S2/c1-16(21(2,18)19)8-4-3-5-17(6-8)10-15-9(7-20-10)11(12,13)14/h7-8H,3-6H2,1-2H3. The molecule has 0 bridgehead atoms. The summed E-state index contributed by atoms with van der Waals surface area (Å²) in [5, 5.41) is 1.27. The Bertz CT molecular complexity index is 600. The Balaban J connectivity index is 2.13. The average Bonchev–Trinajstić information content (AvgIpc) is 2.86. The van der Waals surface area contributed by atoms with E-state index in [9.17, 15) is 21.6 Å². The summed E-state index contributed by atoms with van der Waals surface area (Å²) in [5.41, 5.74) is -0.902. The van der Waals surface area contributed by atoms with Gasteiger partial charge < -0.3 is 4.90 Å². The van der Waals surface area contributed by atoms with Gasteiger partial charge in [-0.3, -0.25) is 0 Å². The fraction of sp³-hybridized carbons (Fsp3) is 0.727. The minimum Gasteiger partial charge on any atom is -0.346 e. The fourth-order valence-corrected chi connectivity index (χ4v) is 3.82. The first-order chi connectivity index (χ1) is 9.59. The zero-order valence-electron chi connectivity index (χ0n) is 11.6. The fourth-order valence-electron chi connectivity index (χ4n) is 2.24. The van der Waals surface area contributed by atoms with Crippen LogP contribution in [0.3, 0.4) is 0 Å². The first-order valence-corrected chi connectivity index (χ1v) is 9.02. The Labute approximate surface area is 125 Å². The van der Waals surface area contributed by atoms with E-state index in [1.807, 2.05) is 0 Å². The molecular formula is C11H16F3N3O2S2. The molecule has 0 aliphatic carbocycles. The second kappa shape index (κ2) is 5.73. The number of hydrogen-bond donors (Lipinski definition) is 0. The van der Waals surface area contributed by atoms with Crippen LogP contribution in [0, 0.1) is 0 Å². The minimum atomic E-state index is -4.45. The molecule has 10 heteroatoms. The van der Waals surface area contributed by atoms with Crippen molar-refractivity contribution in [2.24, 2.45) is 0 Å². The molecule has 0 radical (unpaired) electrons. The Kier molecular flexibility index (Phi) is 4.50. The van der Waals surface area contributed by atoms with Crippen molar-refractivity contribution in [3.8, 4) is 0 Å². The van der Waals surface area contributed by atoms with Crippen LogP contribution in [0.15, 0.2) is 5.38 Å². The number of anilines is 1. The van der Waals surface area contributed by atoms with Crippen molar-refractivity contribution >= 4 is 26.5 Å². The SMILES string of the molecule is CN(C1CCCN(c2nc(C(F)(F)F)cs2)C1)S(C)(=O)=O. The number of hydrogen-bond acceptors (Lipinski definition) is 5. The molecule has 1 unspecified atom stereocenters. The largest absolute Gasteiger partial charge is 0.434 e. The number of rotatable bonds is 3. The van der Waals surface area contributed by atoms with E-state index in [1.54, 1.807) is 4.90 Å². The summed E-state index contributed by atoms with van der Waals surface area (Å²) in [6.45, 7) is 0.938. The number of nitrogens with zero attached hydrogens (tertiary/aromatic N) is 3. The minimum absolute atomic E-state index is 0.244. The molecule has 1 atom stereocenters. The van der Waals surface area contributed by atoms with Gasteiger partial charge in [0.05, 0.1) is 6.26 Å². The molecular weight excluding hydrogens is 327 g/mol. The third kappa shape index (κ3) is 3.86. The monoisotopic (exact) mass is 343 g/mol. The molecule has 0 amide bonds. The highest BCUT2D eigenvalue weighted by atomic mass is 32.2. The molecule has 0 aromatic carbocycles. The van der Waals surface area contributed by atoms with Crippen molar-refractivity contribution in [2.45, 2.75) is 25.1 Å². The lowest BCUT2D eigenvalue weighted by molar-refractivity contribution is -0.140. The maximum Gasteiger partial charge on any atom is 0.434 e. The van der Waals surface area contributed by atoms with Crippen molar-refractivity contribution in [2.75, 3.05) is 31.3 Å². The highest BCUT2D eigenvalue weighted by Gasteiger charge is 2.35. The van der Waals surface area contributed by atoms with Gasteiger partial charge in [-0.1, -0.05) is 0 Å². The Morgan fingerprint density at radius 3 is 2.67 bits per heavy atom. The summed E-state index contributed by atoms with van der Waals surface area (Å²) in [5.74, 6) is 0. The predicted molar refractivity (Wildman–Crippen MR) is 75.0 cm³/mol. The molecule has 2 heterocycles. The van der Waals surface area contributed by atoms with Crippen molar-refractivity contribution in [1.82, 2.24) is 9.29 Å². The van der Waals surface area contributed by atoms with E-state index in [-0.39, 0.29) is 11.2 Å². The van der Waals surface area contributed by atoms with Crippen LogP contribution in [0.4, 0.5) is 18.3 Å². The molecule has 0 saturated carbocycles. The summed E-state index contributed by atoms with van der Waals surface area (Å²) >= 11 is 0.931. The second-order valence-corrected chi connectivity index (χ2v) is 7.91. The van der Waals surface area contributed by atoms with Gasteiger partial charge in [-0.2, -0.15) is 13.2 Å². The Hall–Kier alpha value is -0.870. The Morgan fingerprint density at radius 2 is 2.14 bits per heavy atom. The van der Waals surface area contributed by atoms with E-state index in [1.165, 1.54) is 11.4 Å². The smallest absolute Gasteiger partial charge is 0.346 e. The molecule has 1 aromatic heterocycles. The number of piperidine rings is 1. The van der Waals surface area contributed by atoms with Gasteiger partial charge in [-0.25, -0.2) is 17.7 Å². The molecule has 1 fully saturated rings. The lowest BCUT2D eigenvalue weighted by Crippen LogP contribution is -2.48. The van der Waals surface area contributed by atoms with E-state index in [2.05, 4.69) is 4.98 Å². The summed E-state index contributed by atoms with van der Waals surface area (Å²) in [6, 6.07) is -0.244. The first kappa shape index (κ1) is 16.5. The molecule has 0 spiro atoms. The lowest BCUT2D eigenvalue weighted by Gasteiger charge is -2.36. The highest BCUT2D eigenvalue weighted by Crippen LogP contribution is 2.34. The van der Waals surface area contributed by atoms with Gasteiger partial charge in [-0.15, -0.1) is 11.3 Å². The number of aromatic nitrogens is 1. The molecule has 0 N–H and O–H groups in total. The van der Waals surface area contributed by atoms with Crippen LogP contribution in [0.2, 0.25) is 0 Å². The molecule has 5 nitrogen and oxygen atoms in total. The first-order valence-electron chi connectivity index (χ1n) is 6.29. The van der Waals surface area contributed by atoms with E-state index >= 15 is 0 Å². The number of thiazole rings is 1. The quantitative estimate of drug-likeness (QED) is 0.843. The van der Waals surface area contributed by atoms with Gasteiger partial charge in [-0.05, 0) is 12.8 Å². The van der Waals surface area contributed by atoms with E-state index in [0.717, 1.165) is 23.0 Å². The summed E-state index contributed by atoms with van der Waals surface area (Å²) in [7, 11) is -1.82. The van der Waals surface area contributed by atoms with Crippen molar-refractivity contribution in [3.05, 3.63) is 11.1 Å². The number of sulfonamides is 1. The third-order valence-corrected chi connectivity index (χ3v) is 5.73. The van der Waals surface area contributed by atoms with Gasteiger partial charge in [0, 0.05) is 31.6 Å². The number of halogens is 3. The number of likely N-dealkylation sites (N-methyl/N-ethyl adjacent to an activating group) is 1. The van der Waals surface area contributed by atoms with Crippen molar-refractivity contribution in [3.63, 3.8) is 0 Å². The summed E-state index contributed by atoms with van der Waals surface area (Å²) in [4.78, 5) is 5.33. The van der Waals surface area contributed by atoms with Gasteiger partial charge in [0.1, 0.15) is 0 Å². The molecule has 1 aliphatic heterocycles. The van der Waals surface area contributed by atoms with Gasteiger partial charge >= 0.3 is 6.18 Å².